The van der Waals surface area contributed by atoms with Crippen LogP contribution in [0.15, 0.2) is 54.4 Å². The fraction of sp³-hybridized carbons (Fsp3) is 0.360. The van der Waals surface area contributed by atoms with Crippen LogP contribution < -0.4 is 21.7 Å². The van der Waals surface area contributed by atoms with E-state index in [2.05, 4.69) is 21.7 Å². The maximum absolute atomic E-state index is 14.8. The quantitative estimate of drug-likeness (QED) is 0.483. The highest BCUT2D eigenvalue weighted by atomic mass is 19.1. The zero-order valence-electron chi connectivity index (χ0n) is 19.4. The van der Waals surface area contributed by atoms with Crippen molar-refractivity contribution in [1.29, 1.82) is 0 Å². The van der Waals surface area contributed by atoms with Crippen molar-refractivity contribution >= 4 is 11.8 Å². The minimum Gasteiger partial charge on any atom is -0.343 e. The van der Waals surface area contributed by atoms with Crippen molar-refractivity contribution in [2.45, 2.75) is 50.9 Å². The first kappa shape index (κ1) is 24.6. The van der Waals surface area contributed by atoms with Crippen LogP contribution in [0.3, 0.4) is 0 Å². The molecule has 4 N–H and O–H groups in total. The minimum atomic E-state index is -1.35. The Morgan fingerprint density at radius 2 is 1.80 bits per heavy atom. The van der Waals surface area contributed by atoms with Crippen molar-refractivity contribution in [3.05, 3.63) is 82.7 Å². The molecule has 186 valence electrons. The number of carbonyl (C=O) groups is 2. The van der Waals surface area contributed by atoms with E-state index in [0.29, 0.717) is 11.3 Å². The molecule has 1 fully saturated rings. The lowest BCUT2D eigenvalue weighted by Crippen LogP contribution is -2.47. The van der Waals surface area contributed by atoms with Gasteiger partial charge in [-0.1, -0.05) is 44.2 Å². The third-order valence-corrected chi connectivity index (χ3v) is 6.19. The Morgan fingerprint density at radius 3 is 2.40 bits per heavy atom. The van der Waals surface area contributed by atoms with E-state index in [1.165, 1.54) is 17.0 Å². The van der Waals surface area contributed by atoms with Gasteiger partial charge in [0, 0.05) is 18.2 Å². The monoisotopic (exact) mass is 487 g/mol. The van der Waals surface area contributed by atoms with Crippen molar-refractivity contribution in [2.24, 2.45) is 0 Å². The van der Waals surface area contributed by atoms with Gasteiger partial charge in [0.1, 0.15) is 23.8 Å². The summed E-state index contributed by atoms with van der Waals surface area (Å²) < 4.78 is 44.0. The standard InChI is InChI=1S/C25H28F3N5O2/c1-14(2)23-19(27)8-16(9-20(23)28)24(15-6-4-3-5-7-15)30-25(35)21-10-17(26)13-33(21)22(34)11-18-12-29-32-31-18/h3-9,12,14,17,21,24,29,31-32H,10-11,13H2,1-2H3,(H,30,35)/t17-,21+,24?/m1/s1. The number of nitrogens with one attached hydrogen (secondary N) is 4. The third kappa shape index (κ3) is 5.43. The number of benzene rings is 2. The van der Waals surface area contributed by atoms with E-state index in [1.807, 2.05) is 0 Å². The normalized spacial score (nSPS) is 20.3. The van der Waals surface area contributed by atoms with Crippen LogP contribution in [0.25, 0.3) is 0 Å². The molecule has 10 heteroatoms. The van der Waals surface area contributed by atoms with Gasteiger partial charge in [0.15, 0.2) is 0 Å². The van der Waals surface area contributed by atoms with Crippen LogP contribution >= 0.6 is 0 Å². The number of hydrazine groups is 2. The predicted octanol–water partition coefficient (Wildman–Crippen LogP) is 3.08. The number of hydrogen-bond acceptors (Lipinski definition) is 5. The molecule has 0 saturated carbocycles. The second-order valence-electron chi connectivity index (χ2n) is 9.04. The Kier molecular flexibility index (Phi) is 7.30. The first-order chi connectivity index (χ1) is 16.7. The second-order valence-corrected chi connectivity index (χ2v) is 9.04. The molecule has 2 aliphatic heterocycles. The van der Waals surface area contributed by atoms with Gasteiger partial charge in [-0.05, 0) is 29.2 Å². The van der Waals surface area contributed by atoms with E-state index in [0.717, 1.165) is 0 Å². The Balaban J connectivity index is 1.61. The number of halogens is 3. The number of rotatable bonds is 7. The van der Waals surface area contributed by atoms with Crippen molar-refractivity contribution in [1.82, 2.24) is 26.6 Å². The summed E-state index contributed by atoms with van der Waals surface area (Å²) >= 11 is 0. The molecule has 2 amide bonds. The molecule has 0 bridgehead atoms. The van der Waals surface area contributed by atoms with E-state index in [9.17, 15) is 22.8 Å². The molecule has 35 heavy (non-hydrogen) atoms. The predicted molar refractivity (Wildman–Crippen MR) is 124 cm³/mol. The lowest BCUT2D eigenvalue weighted by atomic mass is 9.93. The molecule has 0 radical (unpaired) electrons. The summed E-state index contributed by atoms with van der Waals surface area (Å²) in [4.78, 5) is 27.4. The maximum atomic E-state index is 14.8. The van der Waals surface area contributed by atoms with Gasteiger partial charge in [-0.3, -0.25) is 9.59 Å². The Labute approximate surface area is 201 Å². The number of alkyl halides is 1. The average molecular weight is 488 g/mol. The SMILES string of the molecule is CC(C)c1c(F)cc(C(NC(=O)[C@@H]2C[C@@H](F)CN2C(=O)CC2=CNNN2)c2ccccc2)cc1F. The molecule has 0 aliphatic carbocycles. The highest BCUT2D eigenvalue weighted by molar-refractivity contribution is 5.89. The van der Waals surface area contributed by atoms with E-state index in [1.54, 1.807) is 50.4 Å². The molecule has 7 nitrogen and oxygen atoms in total. The first-order valence-corrected chi connectivity index (χ1v) is 11.5. The fourth-order valence-electron chi connectivity index (χ4n) is 4.51. The summed E-state index contributed by atoms with van der Waals surface area (Å²) in [6.45, 7) is 3.19. The van der Waals surface area contributed by atoms with Gasteiger partial charge in [0.2, 0.25) is 11.8 Å². The van der Waals surface area contributed by atoms with Crippen LogP contribution in [0, 0.1) is 11.6 Å². The zero-order chi connectivity index (χ0) is 25.1. The molecule has 1 saturated heterocycles. The van der Waals surface area contributed by atoms with Crippen molar-refractivity contribution in [3.63, 3.8) is 0 Å². The Morgan fingerprint density at radius 1 is 1.11 bits per heavy atom. The molecule has 3 atom stereocenters. The topological polar surface area (TPSA) is 85.5 Å². The van der Waals surface area contributed by atoms with Crippen LogP contribution in [0.4, 0.5) is 13.2 Å². The first-order valence-electron chi connectivity index (χ1n) is 11.5. The van der Waals surface area contributed by atoms with Crippen LogP contribution in [-0.4, -0.2) is 35.5 Å². The maximum Gasteiger partial charge on any atom is 0.243 e. The highest BCUT2D eigenvalue weighted by Crippen LogP contribution is 2.30. The van der Waals surface area contributed by atoms with Crippen molar-refractivity contribution < 1.29 is 22.8 Å². The lowest BCUT2D eigenvalue weighted by molar-refractivity contribution is -0.138. The molecule has 0 spiro atoms. The average Bonchev–Trinajstić information content (AvgIpc) is 3.46. The van der Waals surface area contributed by atoms with E-state index in [4.69, 9.17) is 0 Å². The third-order valence-electron chi connectivity index (χ3n) is 6.19. The molecule has 2 aliphatic rings. The lowest BCUT2D eigenvalue weighted by Gasteiger charge is -2.27. The molecular weight excluding hydrogens is 459 g/mol. The van der Waals surface area contributed by atoms with Crippen LogP contribution in [0.1, 0.15) is 55.3 Å². The van der Waals surface area contributed by atoms with E-state index >= 15 is 0 Å². The summed E-state index contributed by atoms with van der Waals surface area (Å²) in [5.74, 6) is -2.77. The minimum absolute atomic E-state index is 0.0291. The van der Waals surface area contributed by atoms with Gasteiger partial charge in [-0.2, -0.15) is 5.53 Å². The van der Waals surface area contributed by atoms with E-state index in [-0.39, 0.29) is 36.4 Å². The highest BCUT2D eigenvalue weighted by Gasteiger charge is 2.40. The van der Waals surface area contributed by atoms with Gasteiger partial charge in [-0.25, -0.2) is 13.2 Å². The molecular formula is C25H28F3N5O2. The van der Waals surface area contributed by atoms with E-state index < -0.39 is 41.7 Å². The smallest absolute Gasteiger partial charge is 0.243 e. The molecule has 2 heterocycles. The molecule has 0 aromatic heterocycles. The fourth-order valence-corrected chi connectivity index (χ4v) is 4.51. The van der Waals surface area contributed by atoms with Crippen molar-refractivity contribution in [2.75, 3.05) is 6.54 Å². The summed E-state index contributed by atoms with van der Waals surface area (Å²) in [6.07, 6.45) is 0.000489. The second kappa shape index (κ2) is 10.4. The zero-order valence-corrected chi connectivity index (χ0v) is 19.4. The number of nitrogens with zero attached hydrogens (tertiary/aromatic N) is 1. The van der Waals surface area contributed by atoms with Gasteiger partial charge in [-0.15, -0.1) is 0 Å². The van der Waals surface area contributed by atoms with Crippen LogP contribution in [0.2, 0.25) is 0 Å². The molecule has 2 aromatic rings. The summed E-state index contributed by atoms with van der Waals surface area (Å²) in [5, 5.41) is 2.81. The molecule has 2 aromatic carbocycles. The molecule has 4 rings (SSSR count). The van der Waals surface area contributed by atoms with Crippen LogP contribution in [0.5, 0.6) is 0 Å². The van der Waals surface area contributed by atoms with Gasteiger partial charge >= 0.3 is 0 Å². The number of carbonyl (C=O) groups excluding carboxylic acids is 2. The van der Waals surface area contributed by atoms with Gasteiger partial charge < -0.3 is 21.1 Å². The van der Waals surface area contributed by atoms with Gasteiger partial charge in [0.05, 0.1) is 24.7 Å². The Bertz CT molecular complexity index is 1100. The Hall–Kier alpha value is -3.53. The summed E-state index contributed by atoms with van der Waals surface area (Å²) in [7, 11) is 0. The largest absolute Gasteiger partial charge is 0.343 e. The van der Waals surface area contributed by atoms with Crippen LogP contribution in [-0.2, 0) is 9.59 Å². The summed E-state index contributed by atoms with van der Waals surface area (Å²) in [6, 6.07) is 9.22. The number of amides is 2. The summed E-state index contributed by atoms with van der Waals surface area (Å²) in [5.41, 5.74) is 9.39. The number of likely N-dealkylation sites (tertiary alicyclic amines) is 1. The molecule has 1 unspecified atom stereocenters. The number of hydrogen-bond donors (Lipinski definition) is 4. The van der Waals surface area contributed by atoms with Gasteiger partial charge in [0.25, 0.3) is 0 Å². The van der Waals surface area contributed by atoms with Crippen molar-refractivity contribution in [3.8, 4) is 0 Å².